The topological polar surface area (TPSA) is 82.8 Å². The predicted octanol–water partition coefficient (Wildman–Crippen LogP) is 4.29. The first-order valence-electron chi connectivity index (χ1n) is 10.5. The van der Waals surface area contributed by atoms with Crippen molar-refractivity contribution in [1.29, 1.82) is 0 Å². The number of ether oxygens (including phenoxy) is 1. The molecule has 4 heterocycles. The molecule has 14 heteroatoms. The van der Waals surface area contributed by atoms with E-state index in [1.807, 2.05) is 0 Å². The highest BCUT2D eigenvalue weighted by molar-refractivity contribution is 5.80. The minimum Gasteiger partial charge on any atom is -0.378 e. The molecule has 2 aliphatic rings. The average molecular weight is 500 g/mol. The van der Waals surface area contributed by atoms with Gasteiger partial charge in [0.25, 0.3) is 0 Å². The normalized spacial score (nSPS) is 16.6. The van der Waals surface area contributed by atoms with E-state index in [1.165, 1.54) is 6.07 Å². The van der Waals surface area contributed by atoms with Crippen molar-refractivity contribution in [3.05, 3.63) is 52.5 Å². The van der Waals surface area contributed by atoms with Crippen LogP contribution in [0.1, 0.15) is 28.3 Å². The van der Waals surface area contributed by atoms with Crippen LogP contribution in [0.3, 0.4) is 0 Å². The maximum Gasteiger partial charge on any atom is 0.417 e. The van der Waals surface area contributed by atoms with Gasteiger partial charge in [0.05, 0.1) is 55.0 Å². The van der Waals surface area contributed by atoms with Crippen molar-refractivity contribution >= 4 is 12.2 Å². The standard InChI is InChI=1S/C21H18F6N6O2/c22-20(23,24)12-1-2-14(15(7-12)21(25,26)27)16-8-13(35-31-16)10-33-11-18-17(9-28-33)29-19(30-18)32-3-5-34-6-4-32/h1-2,7-9H,3-6,10-11H2,(H,29,30). The molecule has 3 aromatic rings. The van der Waals surface area contributed by atoms with Crippen LogP contribution in [0.4, 0.5) is 32.3 Å². The van der Waals surface area contributed by atoms with Gasteiger partial charge in [-0.05, 0) is 12.1 Å². The van der Waals surface area contributed by atoms with Crippen LogP contribution in [0, 0.1) is 0 Å². The van der Waals surface area contributed by atoms with Gasteiger partial charge in [-0.2, -0.15) is 31.4 Å². The molecule has 0 aliphatic carbocycles. The van der Waals surface area contributed by atoms with Crippen LogP contribution in [0.25, 0.3) is 11.3 Å². The smallest absolute Gasteiger partial charge is 0.378 e. The van der Waals surface area contributed by atoms with Gasteiger partial charge in [-0.25, -0.2) is 4.98 Å². The monoisotopic (exact) mass is 500 g/mol. The zero-order valence-corrected chi connectivity index (χ0v) is 17.9. The van der Waals surface area contributed by atoms with Crippen LogP contribution in [0.15, 0.2) is 33.9 Å². The molecule has 1 fully saturated rings. The second-order valence-corrected chi connectivity index (χ2v) is 8.02. The first kappa shape index (κ1) is 23.2. The van der Waals surface area contributed by atoms with E-state index in [0.717, 1.165) is 17.5 Å². The van der Waals surface area contributed by atoms with E-state index < -0.39 is 29.0 Å². The fourth-order valence-corrected chi connectivity index (χ4v) is 3.88. The summed E-state index contributed by atoms with van der Waals surface area (Å²) in [6.45, 7) is 3.01. The van der Waals surface area contributed by atoms with E-state index in [4.69, 9.17) is 9.26 Å². The summed E-state index contributed by atoms with van der Waals surface area (Å²) < 4.78 is 89.8. The number of morpholine rings is 1. The predicted molar refractivity (Wildman–Crippen MR) is 110 cm³/mol. The van der Waals surface area contributed by atoms with E-state index in [1.54, 1.807) is 11.2 Å². The molecule has 1 saturated heterocycles. The van der Waals surface area contributed by atoms with E-state index >= 15 is 0 Å². The van der Waals surface area contributed by atoms with Crippen LogP contribution in [0.2, 0.25) is 0 Å². The highest BCUT2D eigenvalue weighted by Crippen LogP contribution is 2.40. The third kappa shape index (κ3) is 4.83. The number of benzene rings is 1. The first-order chi connectivity index (χ1) is 16.6. The Morgan fingerprint density at radius 1 is 1.00 bits per heavy atom. The van der Waals surface area contributed by atoms with Crippen LogP contribution >= 0.6 is 0 Å². The summed E-state index contributed by atoms with van der Waals surface area (Å²) in [6.07, 6.45) is -8.33. The van der Waals surface area contributed by atoms with E-state index in [2.05, 4.69) is 25.1 Å². The molecule has 1 N–H and O–H groups in total. The summed E-state index contributed by atoms with van der Waals surface area (Å²) in [5.74, 6) is 0.896. The van der Waals surface area contributed by atoms with Gasteiger partial charge in [-0.15, -0.1) is 0 Å². The number of anilines is 1. The fourth-order valence-electron chi connectivity index (χ4n) is 3.88. The first-order valence-corrected chi connectivity index (χ1v) is 10.5. The summed E-state index contributed by atoms with van der Waals surface area (Å²) in [6, 6.07) is 2.66. The van der Waals surface area contributed by atoms with Crippen molar-refractivity contribution in [2.75, 3.05) is 31.2 Å². The molecule has 186 valence electrons. The fraction of sp³-hybridized carbons (Fsp3) is 0.381. The molecule has 35 heavy (non-hydrogen) atoms. The van der Waals surface area contributed by atoms with E-state index in [-0.39, 0.29) is 24.1 Å². The molecule has 0 radical (unpaired) electrons. The molecule has 0 bridgehead atoms. The van der Waals surface area contributed by atoms with Crippen molar-refractivity contribution < 1.29 is 35.6 Å². The Balaban J connectivity index is 1.33. The average Bonchev–Trinajstić information content (AvgIpc) is 3.45. The number of imidazole rings is 1. The molecule has 8 nitrogen and oxygen atoms in total. The molecule has 2 aromatic heterocycles. The number of aromatic amines is 1. The minimum absolute atomic E-state index is 0.0732. The summed E-state index contributed by atoms with van der Waals surface area (Å²) >= 11 is 0. The van der Waals surface area contributed by atoms with Gasteiger partial charge in [-0.3, -0.25) is 5.01 Å². The van der Waals surface area contributed by atoms with Crippen LogP contribution in [-0.2, 0) is 30.2 Å². The third-order valence-corrected chi connectivity index (χ3v) is 5.62. The highest BCUT2D eigenvalue weighted by atomic mass is 19.4. The zero-order chi connectivity index (χ0) is 24.8. The van der Waals surface area contributed by atoms with Crippen molar-refractivity contribution in [2.24, 2.45) is 5.10 Å². The van der Waals surface area contributed by atoms with Gasteiger partial charge in [0.2, 0.25) is 5.95 Å². The molecular weight excluding hydrogens is 482 g/mol. The molecule has 0 spiro atoms. The Bertz CT molecular complexity index is 1240. The van der Waals surface area contributed by atoms with Crippen molar-refractivity contribution in [3.8, 4) is 11.3 Å². The molecular formula is C21H18F6N6O2. The van der Waals surface area contributed by atoms with Gasteiger partial charge >= 0.3 is 12.4 Å². The number of alkyl halides is 6. The van der Waals surface area contributed by atoms with E-state index in [9.17, 15) is 26.3 Å². The number of rotatable bonds is 4. The van der Waals surface area contributed by atoms with Gasteiger partial charge in [0.1, 0.15) is 5.69 Å². The number of halogens is 6. The quantitative estimate of drug-likeness (QED) is 0.539. The number of H-pyrrole nitrogens is 1. The van der Waals surface area contributed by atoms with Crippen LogP contribution in [0.5, 0.6) is 0 Å². The number of aromatic nitrogens is 3. The molecule has 2 aliphatic heterocycles. The number of nitrogens with one attached hydrogen (secondary N) is 1. The minimum atomic E-state index is -5.01. The van der Waals surface area contributed by atoms with Crippen molar-refractivity contribution in [1.82, 2.24) is 20.1 Å². The van der Waals surface area contributed by atoms with Crippen LogP contribution < -0.4 is 4.90 Å². The third-order valence-electron chi connectivity index (χ3n) is 5.62. The van der Waals surface area contributed by atoms with Crippen LogP contribution in [-0.4, -0.2) is 52.7 Å². The summed E-state index contributed by atoms with van der Waals surface area (Å²) in [7, 11) is 0. The Morgan fingerprint density at radius 3 is 2.49 bits per heavy atom. The lowest BCUT2D eigenvalue weighted by molar-refractivity contribution is -0.142. The Labute approximate surface area is 194 Å². The SMILES string of the molecule is FC(F)(F)c1ccc(-c2cc(CN3Cc4nc(N5CCOCC5)[nH]c4C=N3)on2)c(C(F)(F)F)c1. The lowest BCUT2D eigenvalue weighted by Gasteiger charge is -2.26. The van der Waals surface area contributed by atoms with Crippen molar-refractivity contribution in [3.63, 3.8) is 0 Å². The molecule has 0 unspecified atom stereocenters. The lowest BCUT2D eigenvalue weighted by Crippen LogP contribution is -2.36. The largest absolute Gasteiger partial charge is 0.417 e. The zero-order valence-electron chi connectivity index (χ0n) is 17.9. The molecule has 0 amide bonds. The molecule has 5 rings (SSSR count). The number of nitrogens with zero attached hydrogens (tertiary/aromatic N) is 5. The number of fused-ring (bicyclic) bond motifs is 1. The Kier molecular flexibility index (Phi) is 5.69. The number of hydrogen-bond donors (Lipinski definition) is 1. The molecule has 1 aromatic carbocycles. The second-order valence-electron chi connectivity index (χ2n) is 8.02. The molecule has 0 saturated carbocycles. The van der Waals surface area contributed by atoms with Crippen molar-refractivity contribution in [2.45, 2.75) is 25.4 Å². The maximum atomic E-state index is 13.5. The summed E-state index contributed by atoms with van der Waals surface area (Å²) in [5, 5.41) is 9.55. The number of hydrazone groups is 1. The Hall–Kier alpha value is -3.55. The second kappa shape index (κ2) is 8.59. The van der Waals surface area contributed by atoms with Gasteiger partial charge in [0.15, 0.2) is 5.76 Å². The Morgan fingerprint density at radius 2 is 1.77 bits per heavy atom. The van der Waals surface area contributed by atoms with Gasteiger partial charge < -0.3 is 19.1 Å². The highest BCUT2D eigenvalue weighted by Gasteiger charge is 2.39. The van der Waals surface area contributed by atoms with E-state index in [0.29, 0.717) is 44.9 Å². The lowest BCUT2D eigenvalue weighted by atomic mass is 10.0. The molecule has 0 atom stereocenters. The van der Waals surface area contributed by atoms with Gasteiger partial charge in [0, 0.05) is 24.7 Å². The summed E-state index contributed by atoms with van der Waals surface area (Å²) in [5.41, 5.74) is -2.08. The number of hydrogen-bond acceptors (Lipinski definition) is 7. The summed E-state index contributed by atoms with van der Waals surface area (Å²) in [4.78, 5) is 9.87. The maximum absolute atomic E-state index is 13.5. The van der Waals surface area contributed by atoms with Gasteiger partial charge in [-0.1, -0.05) is 11.2 Å².